The molecule has 7 nitrogen and oxygen atoms in total. The average Bonchev–Trinajstić information content (AvgIpc) is 2.72. The topological polar surface area (TPSA) is 93.7 Å². The van der Waals surface area contributed by atoms with Crippen LogP contribution < -0.4 is 15.4 Å². The van der Waals surface area contributed by atoms with Crippen molar-refractivity contribution in [3.63, 3.8) is 0 Å². The molecular weight excluding hydrogens is 348 g/mol. The summed E-state index contributed by atoms with van der Waals surface area (Å²) in [6, 6.07) is 15.1. The minimum Gasteiger partial charge on any atom is -0.497 e. The number of amides is 1. The van der Waals surface area contributed by atoms with Crippen LogP contribution in [0.3, 0.4) is 0 Å². The zero-order chi connectivity index (χ0) is 19.2. The zero-order valence-electron chi connectivity index (χ0n) is 14.8. The second-order valence-electron chi connectivity index (χ2n) is 6.11. The molecule has 0 spiro atoms. The van der Waals surface area contributed by atoms with Crippen LogP contribution in [-0.4, -0.2) is 37.0 Å². The van der Waals surface area contributed by atoms with Crippen molar-refractivity contribution in [3.8, 4) is 5.75 Å². The summed E-state index contributed by atoms with van der Waals surface area (Å²) >= 11 is 0. The fourth-order valence-electron chi connectivity index (χ4n) is 2.66. The molecule has 0 saturated carbocycles. The normalized spacial score (nSPS) is 18.3. The number of esters is 1. The number of ether oxygens (including phenoxy) is 2. The van der Waals surface area contributed by atoms with E-state index in [0.29, 0.717) is 5.56 Å². The van der Waals surface area contributed by atoms with Crippen LogP contribution in [0.25, 0.3) is 0 Å². The van der Waals surface area contributed by atoms with Crippen LogP contribution in [0.4, 0.5) is 0 Å². The van der Waals surface area contributed by atoms with Crippen LogP contribution >= 0.6 is 0 Å². The monoisotopic (exact) mass is 368 g/mol. The van der Waals surface area contributed by atoms with Crippen LogP contribution in [0.5, 0.6) is 5.75 Å². The molecule has 2 unspecified atom stereocenters. The average molecular weight is 368 g/mol. The molecule has 0 bridgehead atoms. The van der Waals surface area contributed by atoms with Crippen molar-refractivity contribution in [2.45, 2.75) is 25.2 Å². The molecule has 2 N–H and O–H groups in total. The third-order valence-corrected chi connectivity index (χ3v) is 4.24. The first-order valence-electron chi connectivity index (χ1n) is 8.51. The number of nitrogens with one attached hydrogen (secondary N) is 2. The lowest BCUT2D eigenvalue weighted by molar-refractivity contribution is -0.149. The van der Waals surface area contributed by atoms with Gasteiger partial charge in [-0.05, 0) is 29.8 Å². The van der Waals surface area contributed by atoms with Gasteiger partial charge in [-0.2, -0.15) is 0 Å². The number of hydrogen-bond donors (Lipinski definition) is 2. The molecule has 140 valence electrons. The van der Waals surface area contributed by atoms with Gasteiger partial charge in [0.25, 0.3) is 5.91 Å². The zero-order valence-corrected chi connectivity index (χ0v) is 14.8. The summed E-state index contributed by atoms with van der Waals surface area (Å²) in [6.07, 6.45) is -0.857. The van der Waals surface area contributed by atoms with Crippen molar-refractivity contribution >= 4 is 17.7 Å². The van der Waals surface area contributed by atoms with E-state index in [-0.39, 0.29) is 24.7 Å². The minimum absolute atomic E-state index is 0.0767. The van der Waals surface area contributed by atoms with Gasteiger partial charge < -0.3 is 14.8 Å². The Bertz CT molecular complexity index is 820. The maximum absolute atomic E-state index is 12.1. The number of hydrogen-bond acceptors (Lipinski definition) is 6. The molecule has 0 aromatic heterocycles. The Morgan fingerprint density at radius 1 is 1.07 bits per heavy atom. The van der Waals surface area contributed by atoms with Crippen molar-refractivity contribution in [2.24, 2.45) is 0 Å². The Balaban J connectivity index is 1.41. The smallest absolute Gasteiger partial charge is 0.308 e. The number of ketones is 1. The van der Waals surface area contributed by atoms with Crippen molar-refractivity contribution in [2.75, 3.05) is 7.11 Å². The molecule has 2 aromatic rings. The molecule has 1 aliphatic heterocycles. The molecule has 1 aliphatic rings. The standard InChI is InChI=1S/C20H20N2O5/c1-26-15-9-7-13(8-10-15)12-27-17(23)11-16-18(24)19(21-16)22-20(25)14-5-3-2-4-6-14/h2-10,16,19,21H,11-12H2,1H3,(H,22,25). The quantitative estimate of drug-likeness (QED) is 0.718. The summed E-state index contributed by atoms with van der Waals surface area (Å²) in [6.45, 7) is 0.123. The van der Waals surface area contributed by atoms with Gasteiger partial charge >= 0.3 is 5.97 Å². The van der Waals surface area contributed by atoms with Gasteiger partial charge in [-0.25, -0.2) is 0 Å². The lowest BCUT2D eigenvalue weighted by atomic mass is 9.97. The largest absolute Gasteiger partial charge is 0.497 e. The summed E-state index contributed by atoms with van der Waals surface area (Å²) in [4.78, 5) is 36.0. The minimum atomic E-state index is -0.780. The fourth-order valence-corrected chi connectivity index (χ4v) is 2.66. The highest BCUT2D eigenvalue weighted by atomic mass is 16.5. The lowest BCUT2D eigenvalue weighted by Gasteiger charge is -2.35. The first-order valence-corrected chi connectivity index (χ1v) is 8.51. The molecule has 0 aliphatic carbocycles. The van der Waals surface area contributed by atoms with Crippen molar-refractivity contribution < 1.29 is 23.9 Å². The van der Waals surface area contributed by atoms with Crippen molar-refractivity contribution in [3.05, 3.63) is 65.7 Å². The summed E-state index contributed by atoms with van der Waals surface area (Å²) < 4.78 is 10.2. The third-order valence-electron chi connectivity index (χ3n) is 4.24. The van der Waals surface area contributed by atoms with E-state index >= 15 is 0 Å². The molecule has 0 radical (unpaired) electrons. The van der Waals surface area contributed by atoms with Gasteiger partial charge in [-0.3, -0.25) is 19.7 Å². The SMILES string of the molecule is COc1ccc(COC(=O)CC2NC(NC(=O)c3ccccc3)C2=O)cc1. The fraction of sp³-hybridized carbons (Fsp3) is 0.250. The molecule has 1 heterocycles. The summed E-state index contributed by atoms with van der Waals surface area (Å²) in [5, 5.41) is 5.47. The van der Waals surface area contributed by atoms with E-state index in [0.717, 1.165) is 11.3 Å². The number of methoxy groups -OCH3 is 1. The maximum Gasteiger partial charge on any atom is 0.308 e. The van der Waals surface area contributed by atoms with Crippen molar-refractivity contribution in [1.82, 2.24) is 10.6 Å². The second-order valence-corrected chi connectivity index (χ2v) is 6.11. The molecular formula is C20H20N2O5. The third kappa shape index (κ3) is 4.71. The number of carbonyl (C=O) groups is 3. The van der Waals surface area contributed by atoms with E-state index in [1.54, 1.807) is 61.7 Å². The van der Waals surface area contributed by atoms with E-state index in [1.165, 1.54) is 0 Å². The first kappa shape index (κ1) is 18.6. The predicted molar refractivity (Wildman–Crippen MR) is 97.0 cm³/mol. The Morgan fingerprint density at radius 2 is 1.78 bits per heavy atom. The molecule has 7 heteroatoms. The van der Waals surface area contributed by atoms with E-state index < -0.39 is 18.2 Å². The molecule has 3 rings (SSSR count). The molecule has 2 aromatic carbocycles. The second kappa shape index (κ2) is 8.46. The van der Waals surface area contributed by atoms with Gasteiger partial charge in [0.15, 0.2) is 5.78 Å². The van der Waals surface area contributed by atoms with Gasteiger partial charge in [-0.1, -0.05) is 30.3 Å². The molecule has 1 saturated heterocycles. The van der Waals surface area contributed by atoms with Crippen LogP contribution in [0.15, 0.2) is 54.6 Å². The lowest BCUT2D eigenvalue weighted by Crippen LogP contribution is -2.69. The number of carbonyl (C=O) groups excluding carboxylic acids is 3. The predicted octanol–water partition coefficient (Wildman–Crippen LogP) is 1.43. The highest BCUT2D eigenvalue weighted by molar-refractivity contribution is 6.02. The molecule has 1 fully saturated rings. The van der Waals surface area contributed by atoms with Crippen LogP contribution in [0.2, 0.25) is 0 Å². The maximum atomic E-state index is 12.1. The van der Waals surface area contributed by atoms with Crippen LogP contribution in [0, 0.1) is 0 Å². The van der Waals surface area contributed by atoms with E-state index in [2.05, 4.69) is 10.6 Å². The van der Waals surface area contributed by atoms with Gasteiger partial charge in [0.1, 0.15) is 18.5 Å². The van der Waals surface area contributed by atoms with Crippen LogP contribution in [0.1, 0.15) is 22.3 Å². The van der Waals surface area contributed by atoms with E-state index in [9.17, 15) is 14.4 Å². The van der Waals surface area contributed by atoms with Gasteiger partial charge in [0.2, 0.25) is 0 Å². The van der Waals surface area contributed by atoms with E-state index in [4.69, 9.17) is 9.47 Å². The van der Waals surface area contributed by atoms with E-state index in [1.807, 2.05) is 0 Å². The Hall–Kier alpha value is -3.19. The Kier molecular flexibility index (Phi) is 5.83. The highest BCUT2D eigenvalue weighted by Crippen LogP contribution is 2.14. The van der Waals surface area contributed by atoms with Gasteiger partial charge in [0, 0.05) is 5.56 Å². The molecule has 1 amide bonds. The summed E-state index contributed by atoms with van der Waals surface area (Å²) in [5.74, 6) is -0.343. The van der Waals surface area contributed by atoms with Gasteiger partial charge in [0.05, 0.1) is 19.6 Å². The first-order chi connectivity index (χ1) is 13.1. The summed E-state index contributed by atoms with van der Waals surface area (Å²) in [5.41, 5.74) is 1.29. The number of Topliss-reactive ketones (excluding diaryl/α,β-unsaturated/α-hetero) is 1. The number of rotatable bonds is 7. The molecule has 27 heavy (non-hydrogen) atoms. The Morgan fingerprint density at radius 3 is 2.41 bits per heavy atom. The molecule has 2 atom stereocenters. The number of benzene rings is 2. The summed E-state index contributed by atoms with van der Waals surface area (Å²) in [7, 11) is 1.58. The van der Waals surface area contributed by atoms with Crippen molar-refractivity contribution in [1.29, 1.82) is 0 Å². The van der Waals surface area contributed by atoms with Gasteiger partial charge in [-0.15, -0.1) is 0 Å². The highest BCUT2D eigenvalue weighted by Gasteiger charge is 2.41. The van der Waals surface area contributed by atoms with Crippen LogP contribution in [-0.2, 0) is 20.9 Å². The Labute approximate surface area is 156 Å².